The minimum absolute atomic E-state index is 0.00269. The predicted molar refractivity (Wildman–Crippen MR) is 194 cm³/mol. The molecule has 0 heterocycles. The molecule has 0 unspecified atom stereocenters. The number of ether oxygens (including phenoxy) is 1. The first-order chi connectivity index (χ1) is 21.9. The van der Waals surface area contributed by atoms with Crippen molar-refractivity contribution in [2.75, 3.05) is 0 Å². The van der Waals surface area contributed by atoms with Crippen LogP contribution in [0.3, 0.4) is 0 Å². The van der Waals surface area contributed by atoms with Gasteiger partial charge in [-0.1, -0.05) is 132 Å². The molecule has 256 valence electrons. The third kappa shape index (κ3) is 9.06. The van der Waals surface area contributed by atoms with Gasteiger partial charge in [0.25, 0.3) is 0 Å². The average molecular weight is 653 g/mol. The molecule has 0 aliphatic heterocycles. The largest absolute Gasteiger partial charge is 0.507 e. The monoisotopic (exact) mass is 652 g/mol. The van der Waals surface area contributed by atoms with Gasteiger partial charge in [-0.15, -0.1) is 0 Å². The van der Waals surface area contributed by atoms with E-state index in [0.29, 0.717) is 16.9 Å². The maximum Gasteiger partial charge on any atom is 0.343 e. The topological polar surface area (TPSA) is 104 Å². The standard InChI is InChI=1S/C29H42O3.C13H10O3/c1-26(2,3)19-13-14-23(20(17-19)27(4,5)6)32-25(31)18-15-21(28(7,8)9)24(30)22(16-18)29(10,11)12;14-10-7-4-8-11(15)12(10)13(16)9-5-2-1-3-6-9/h13-17,30H,1-12H3;1-8,14-15H. The fraction of sp³-hybridized carbons (Fsp3) is 0.381. The second kappa shape index (κ2) is 13.9. The quantitative estimate of drug-likeness (QED) is 0.115. The molecule has 3 N–H and O–H groups in total. The Morgan fingerprint density at radius 1 is 0.521 bits per heavy atom. The Labute approximate surface area is 286 Å². The zero-order chi connectivity index (χ0) is 36.4. The first-order valence-corrected chi connectivity index (χ1v) is 16.3. The zero-order valence-electron chi connectivity index (χ0n) is 30.6. The van der Waals surface area contributed by atoms with E-state index in [-0.39, 0.29) is 44.5 Å². The summed E-state index contributed by atoms with van der Waals surface area (Å²) < 4.78 is 5.98. The van der Waals surface area contributed by atoms with Crippen LogP contribution in [-0.4, -0.2) is 27.1 Å². The van der Waals surface area contributed by atoms with Crippen molar-refractivity contribution in [1.29, 1.82) is 0 Å². The molecule has 4 aromatic carbocycles. The van der Waals surface area contributed by atoms with Crippen molar-refractivity contribution in [2.45, 2.75) is 105 Å². The molecule has 0 fully saturated rings. The lowest BCUT2D eigenvalue weighted by Crippen LogP contribution is -2.21. The molecule has 0 radical (unpaired) electrons. The Hall–Kier alpha value is -4.58. The fourth-order valence-corrected chi connectivity index (χ4v) is 5.22. The number of rotatable bonds is 4. The van der Waals surface area contributed by atoms with Crippen LogP contribution in [0.25, 0.3) is 0 Å². The van der Waals surface area contributed by atoms with Gasteiger partial charge in [0, 0.05) is 22.3 Å². The SMILES string of the molecule is CC(C)(C)c1ccc(OC(=O)c2cc(C(C)(C)C)c(O)c(C(C)(C)C)c2)c(C(C)(C)C)c1.O=C(c1ccccc1)c1c(O)cccc1O. The van der Waals surface area contributed by atoms with E-state index in [1.165, 1.54) is 23.8 Å². The summed E-state index contributed by atoms with van der Waals surface area (Å²) in [6.45, 7) is 25.1. The van der Waals surface area contributed by atoms with Gasteiger partial charge in [0.05, 0.1) is 5.56 Å². The number of hydrogen-bond acceptors (Lipinski definition) is 6. The number of aromatic hydroxyl groups is 3. The van der Waals surface area contributed by atoms with Gasteiger partial charge in [0.15, 0.2) is 5.78 Å². The number of hydrogen-bond donors (Lipinski definition) is 3. The molecule has 4 aromatic rings. The van der Waals surface area contributed by atoms with Crippen molar-refractivity contribution in [3.8, 4) is 23.0 Å². The van der Waals surface area contributed by atoms with E-state index in [1.807, 2.05) is 53.7 Å². The van der Waals surface area contributed by atoms with Crippen LogP contribution in [0.1, 0.15) is 132 Å². The highest BCUT2D eigenvalue weighted by molar-refractivity contribution is 6.12. The second-order valence-corrected chi connectivity index (χ2v) is 16.4. The molecule has 0 saturated carbocycles. The summed E-state index contributed by atoms with van der Waals surface area (Å²) in [5.41, 5.74) is 3.72. The van der Waals surface area contributed by atoms with E-state index in [0.717, 1.165) is 16.7 Å². The molecule has 0 amide bonds. The van der Waals surface area contributed by atoms with Crippen LogP contribution in [0.5, 0.6) is 23.0 Å². The van der Waals surface area contributed by atoms with E-state index in [4.69, 9.17) is 4.74 Å². The van der Waals surface area contributed by atoms with Gasteiger partial charge >= 0.3 is 5.97 Å². The summed E-state index contributed by atoms with van der Waals surface area (Å²) >= 11 is 0. The van der Waals surface area contributed by atoms with E-state index in [2.05, 4.69) is 47.6 Å². The van der Waals surface area contributed by atoms with Crippen LogP contribution in [0.2, 0.25) is 0 Å². The summed E-state index contributed by atoms with van der Waals surface area (Å²) in [5.74, 6) is -0.390. The van der Waals surface area contributed by atoms with E-state index >= 15 is 0 Å². The smallest absolute Gasteiger partial charge is 0.343 e. The average Bonchev–Trinajstić information content (AvgIpc) is 2.95. The van der Waals surface area contributed by atoms with Gasteiger partial charge in [0.2, 0.25) is 0 Å². The first-order valence-electron chi connectivity index (χ1n) is 16.3. The Balaban J connectivity index is 0.000000324. The van der Waals surface area contributed by atoms with Crippen LogP contribution < -0.4 is 4.74 Å². The van der Waals surface area contributed by atoms with Gasteiger partial charge in [-0.3, -0.25) is 4.79 Å². The van der Waals surface area contributed by atoms with Gasteiger partial charge in [-0.2, -0.15) is 0 Å². The highest BCUT2D eigenvalue weighted by atomic mass is 16.5. The Morgan fingerprint density at radius 2 is 1.00 bits per heavy atom. The lowest BCUT2D eigenvalue weighted by molar-refractivity contribution is 0.0731. The minimum atomic E-state index is -0.407. The van der Waals surface area contributed by atoms with Crippen molar-refractivity contribution in [2.24, 2.45) is 0 Å². The van der Waals surface area contributed by atoms with Crippen LogP contribution in [0.4, 0.5) is 0 Å². The number of carbonyl (C=O) groups excluding carboxylic acids is 2. The zero-order valence-corrected chi connectivity index (χ0v) is 30.6. The van der Waals surface area contributed by atoms with Crippen LogP contribution in [-0.2, 0) is 21.7 Å². The number of carbonyl (C=O) groups is 2. The van der Waals surface area contributed by atoms with Gasteiger partial charge in [0.1, 0.15) is 28.6 Å². The molecule has 0 aliphatic rings. The highest BCUT2D eigenvalue weighted by Crippen LogP contribution is 2.41. The third-order valence-electron chi connectivity index (χ3n) is 8.10. The molecule has 0 bridgehead atoms. The van der Waals surface area contributed by atoms with Crippen molar-refractivity contribution in [3.05, 3.63) is 118 Å². The number of phenols is 3. The van der Waals surface area contributed by atoms with Gasteiger partial charge in [-0.05, 0) is 57.6 Å². The molecule has 6 nitrogen and oxygen atoms in total. The Kier molecular flexibility index (Phi) is 10.9. The lowest BCUT2D eigenvalue weighted by Gasteiger charge is -2.28. The van der Waals surface area contributed by atoms with Crippen molar-refractivity contribution in [3.63, 3.8) is 0 Å². The first kappa shape index (κ1) is 37.9. The summed E-state index contributed by atoms with van der Waals surface area (Å²) in [4.78, 5) is 25.3. The molecular weight excluding hydrogens is 600 g/mol. The van der Waals surface area contributed by atoms with Crippen LogP contribution >= 0.6 is 0 Å². The summed E-state index contributed by atoms with van der Waals surface area (Å²) in [6.07, 6.45) is 0. The maximum absolute atomic E-state index is 13.3. The predicted octanol–water partition coefficient (Wildman–Crippen LogP) is 10.1. The van der Waals surface area contributed by atoms with Crippen molar-refractivity contribution >= 4 is 11.8 Å². The van der Waals surface area contributed by atoms with Gasteiger partial charge in [-0.25, -0.2) is 4.79 Å². The molecule has 0 aliphatic carbocycles. The molecule has 48 heavy (non-hydrogen) atoms. The van der Waals surface area contributed by atoms with E-state index in [1.54, 1.807) is 42.5 Å². The van der Waals surface area contributed by atoms with Crippen LogP contribution in [0, 0.1) is 0 Å². The number of benzene rings is 4. The second-order valence-electron chi connectivity index (χ2n) is 16.4. The minimum Gasteiger partial charge on any atom is -0.507 e. The van der Waals surface area contributed by atoms with E-state index < -0.39 is 11.8 Å². The van der Waals surface area contributed by atoms with Crippen LogP contribution in [0.15, 0.2) is 78.9 Å². The fourth-order valence-electron chi connectivity index (χ4n) is 5.22. The maximum atomic E-state index is 13.3. The number of ketones is 1. The molecule has 0 atom stereocenters. The van der Waals surface area contributed by atoms with Gasteiger partial charge < -0.3 is 20.1 Å². The Morgan fingerprint density at radius 3 is 1.44 bits per heavy atom. The molecule has 0 saturated heterocycles. The van der Waals surface area contributed by atoms with E-state index in [9.17, 15) is 24.9 Å². The summed E-state index contributed by atoms with van der Waals surface area (Å²) in [5, 5.41) is 30.0. The summed E-state index contributed by atoms with van der Waals surface area (Å²) in [6, 6.07) is 22.4. The summed E-state index contributed by atoms with van der Waals surface area (Å²) in [7, 11) is 0. The normalized spacial score (nSPS) is 12.2. The lowest BCUT2D eigenvalue weighted by atomic mass is 9.78. The molecule has 0 spiro atoms. The molecular formula is C42H52O6. The van der Waals surface area contributed by atoms with Crippen molar-refractivity contribution in [1.82, 2.24) is 0 Å². The highest BCUT2D eigenvalue weighted by Gasteiger charge is 2.30. The van der Waals surface area contributed by atoms with Crippen molar-refractivity contribution < 1.29 is 29.6 Å². The molecule has 0 aromatic heterocycles. The number of esters is 1. The Bertz CT molecular complexity index is 1720. The molecule has 6 heteroatoms. The third-order valence-corrected chi connectivity index (χ3v) is 8.10. The number of phenolic OH excluding ortho intramolecular Hbond substituents is 3. The molecule has 4 rings (SSSR count).